The van der Waals surface area contributed by atoms with Crippen molar-refractivity contribution in [3.8, 4) is 22.6 Å². The van der Waals surface area contributed by atoms with Gasteiger partial charge in [0.05, 0.1) is 25.5 Å². The van der Waals surface area contributed by atoms with Crippen LogP contribution in [0.1, 0.15) is 37.7 Å². The Bertz CT molecular complexity index is 1230. The number of nitrogens with two attached hydrogens (primary N) is 1. The van der Waals surface area contributed by atoms with Crippen molar-refractivity contribution < 1.29 is 14.6 Å². The van der Waals surface area contributed by atoms with Gasteiger partial charge in [0.15, 0.2) is 5.82 Å². The van der Waals surface area contributed by atoms with Crippen LogP contribution in [0.2, 0.25) is 0 Å². The number of ether oxygens (including phenoxy) is 1. The average molecular weight is 502 g/mol. The predicted molar refractivity (Wildman–Crippen MR) is 145 cm³/mol. The Morgan fingerprint density at radius 3 is 2.68 bits per heavy atom. The van der Waals surface area contributed by atoms with Crippen molar-refractivity contribution in [3.05, 3.63) is 60.2 Å². The third-order valence-electron chi connectivity index (χ3n) is 7.15. The zero-order valence-corrected chi connectivity index (χ0v) is 21.1. The quantitative estimate of drug-likeness (QED) is 0.449. The molecule has 8 heteroatoms. The summed E-state index contributed by atoms with van der Waals surface area (Å²) in [6, 6.07) is 17.6. The number of anilines is 2. The van der Waals surface area contributed by atoms with E-state index in [1.807, 2.05) is 54.6 Å². The predicted octanol–water partition coefficient (Wildman–Crippen LogP) is 3.99. The summed E-state index contributed by atoms with van der Waals surface area (Å²) in [6.07, 6.45) is 4.61. The monoisotopic (exact) mass is 501 g/mol. The molecule has 1 aliphatic heterocycles. The molecule has 0 spiro atoms. The molecule has 0 bridgehead atoms. The minimum atomic E-state index is -0.0311. The number of hydrogen-bond donors (Lipinski definition) is 3. The van der Waals surface area contributed by atoms with E-state index in [4.69, 9.17) is 20.4 Å². The Hall–Kier alpha value is -3.33. The first-order valence-electron chi connectivity index (χ1n) is 13.1. The van der Waals surface area contributed by atoms with Gasteiger partial charge in [-0.05, 0) is 48.9 Å². The first-order chi connectivity index (χ1) is 18.1. The topological polar surface area (TPSA) is 114 Å². The lowest BCUT2D eigenvalue weighted by Crippen LogP contribution is -2.36. The Kier molecular flexibility index (Phi) is 8.08. The summed E-state index contributed by atoms with van der Waals surface area (Å²) >= 11 is 0. The molecular formula is C29H35N5O3. The van der Waals surface area contributed by atoms with E-state index in [0.29, 0.717) is 31.4 Å². The first kappa shape index (κ1) is 25.3. The van der Waals surface area contributed by atoms with Gasteiger partial charge in [0.2, 0.25) is 5.91 Å². The number of rotatable bonds is 7. The van der Waals surface area contributed by atoms with Crippen molar-refractivity contribution in [2.24, 2.45) is 11.7 Å². The van der Waals surface area contributed by atoms with E-state index in [9.17, 15) is 9.90 Å². The number of aliphatic hydroxyl groups is 1. The molecular weight excluding hydrogens is 466 g/mol. The number of nitrogens with zero attached hydrogens (tertiary/aromatic N) is 3. The van der Waals surface area contributed by atoms with Gasteiger partial charge in [-0.1, -0.05) is 36.8 Å². The summed E-state index contributed by atoms with van der Waals surface area (Å²) in [5.74, 6) is 1.78. The number of amides is 1. The van der Waals surface area contributed by atoms with Gasteiger partial charge in [-0.15, -0.1) is 0 Å². The van der Waals surface area contributed by atoms with E-state index in [0.717, 1.165) is 72.7 Å². The summed E-state index contributed by atoms with van der Waals surface area (Å²) in [4.78, 5) is 24.8. The van der Waals surface area contributed by atoms with Crippen LogP contribution in [0.3, 0.4) is 0 Å². The molecule has 194 valence electrons. The fourth-order valence-corrected chi connectivity index (χ4v) is 5.22. The van der Waals surface area contributed by atoms with Crippen LogP contribution in [0.5, 0.6) is 0 Å². The summed E-state index contributed by atoms with van der Waals surface area (Å²) in [6.45, 7) is 2.79. The van der Waals surface area contributed by atoms with Crippen LogP contribution < -0.4 is 16.0 Å². The normalized spacial score (nSPS) is 20.0. The Morgan fingerprint density at radius 1 is 1.05 bits per heavy atom. The number of aliphatic hydroxyl groups excluding tert-OH is 1. The van der Waals surface area contributed by atoms with Crippen molar-refractivity contribution in [2.45, 2.75) is 44.8 Å². The highest BCUT2D eigenvalue weighted by molar-refractivity contribution is 5.91. The number of benzene rings is 2. The van der Waals surface area contributed by atoms with Crippen LogP contribution in [0.4, 0.5) is 11.5 Å². The fraction of sp³-hybridized carbons (Fsp3) is 0.414. The summed E-state index contributed by atoms with van der Waals surface area (Å²) in [5, 5.41) is 12.7. The van der Waals surface area contributed by atoms with Gasteiger partial charge in [-0.2, -0.15) is 0 Å². The number of carbonyl (C=O) groups excluding carboxylic acids is 1. The van der Waals surface area contributed by atoms with Crippen LogP contribution in [0.15, 0.2) is 54.6 Å². The number of nitrogens with one attached hydrogen (secondary N) is 1. The number of hydrogen-bond acceptors (Lipinski definition) is 7. The smallest absolute Gasteiger partial charge is 0.224 e. The molecule has 2 aliphatic rings. The van der Waals surface area contributed by atoms with E-state index >= 15 is 0 Å². The standard InChI is InChI=1S/C29H35N5O3/c30-24-8-2-4-20(15-24)16-28(36)31-25-9-3-7-23(17-25)29-32-26(22-6-1-5-21(14-22)19-35)18-27(33-29)34-10-12-37-13-11-34/h1,3,5-7,9,14,17-18,20,24,35H,2,4,8,10-13,15-16,19,30H2,(H,31,36)/t20-,24+/m1/s1. The molecule has 0 radical (unpaired) electrons. The second-order valence-electron chi connectivity index (χ2n) is 10.0. The van der Waals surface area contributed by atoms with E-state index in [1.54, 1.807) is 0 Å². The van der Waals surface area contributed by atoms with E-state index in [1.165, 1.54) is 0 Å². The van der Waals surface area contributed by atoms with E-state index in [2.05, 4.69) is 10.2 Å². The Labute approximate surface area is 217 Å². The molecule has 37 heavy (non-hydrogen) atoms. The number of carbonyl (C=O) groups is 1. The second kappa shape index (κ2) is 11.8. The number of morpholine rings is 1. The molecule has 1 aromatic heterocycles. The lowest BCUT2D eigenvalue weighted by atomic mass is 9.84. The number of aromatic nitrogens is 2. The van der Waals surface area contributed by atoms with Gasteiger partial charge < -0.3 is 25.8 Å². The van der Waals surface area contributed by atoms with Gasteiger partial charge in [0.1, 0.15) is 5.82 Å². The molecule has 1 saturated heterocycles. The molecule has 2 heterocycles. The van der Waals surface area contributed by atoms with E-state index in [-0.39, 0.29) is 18.6 Å². The molecule has 1 aliphatic carbocycles. The van der Waals surface area contributed by atoms with Crippen molar-refractivity contribution in [1.29, 1.82) is 0 Å². The molecule has 1 saturated carbocycles. The highest BCUT2D eigenvalue weighted by Crippen LogP contribution is 2.29. The minimum absolute atomic E-state index is 0.0146. The van der Waals surface area contributed by atoms with Gasteiger partial charge >= 0.3 is 0 Å². The molecule has 2 atom stereocenters. The van der Waals surface area contributed by atoms with E-state index < -0.39 is 0 Å². The molecule has 3 aromatic rings. The zero-order chi connectivity index (χ0) is 25.6. The summed E-state index contributed by atoms with van der Waals surface area (Å²) in [7, 11) is 0. The van der Waals surface area contributed by atoms with Crippen molar-refractivity contribution in [1.82, 2.24) is 9.97 Å². The third-order valence-corrected chi connectivity index (χ3v) is 7.15. The summed E-state index contributed by atoms with van der Waals surface area (Å²) in [5.41, 5.74) is 10.2. The maximum Gasteiger partial charge on any atom is 0.224 e. The van der Waals surface area contributed by atoms with Crippen LogP contribution in [-0.4, -0.2) is 53.3 Å². The highest BCUT2D eigenvalue weighted by atomic mass is 16.5. The lowest BCUT2D eigenvalue weighted by molar-refractivity contribution is -0.117. The lowest BCUT2D eigenvalue weighted by Gasteiger charge is -2.28. The van der Waals surface area contributed by atoms with Gasteiger partial charge in [0, 0.05) is 48.4 Å². The fourth-order valence-electron chi connectivity index (χ4n) is 5.22. The van der Waals surface area contributed by atoms with Crippen molar-refractivity contribution >= 4 is 17.4 Å². The van der Waals surface area contributed by atoms with Gasteiger partial charge in [-0.3, -0.25) is 4.79 Å². The maximum atomic E-state index is 12.8. The highest BCUT2D eigenvalue weighted by Gasteiger charge is 2.22. The molecule has 2 aromatic carbocycles. The molecule has 2 fully saturated rings. The van der Waals surface area contributed by atoms with Crippen molar-refractivity contribution in [2.75, 3.05) is 36.5 Å². The van der Waals surface area contributed by atoms with Gasteiger partial charge in [-0.25, -0.2) is 9.97 Å². The van der Waals surface area contributed by atoms with Crippen molar-refractivity contribution in [3.63, 3.8) is 0 Å². The molecule has 8 nitrogen and oxygen atoms in total. The minimum Gasteiger partial charge on any atom is -0.392 e. The molecule has 4 N–H and O–H groups in total. The summed E-state index contributed by atoms with van der Waals surface area (Å²) < 4.78 is 5.53. The first-order valence-corrected chi connectivity index (χ1v) is 13.1. The van der Waals surface area contributed by atoms with Crippen LogP contribution in [0.25, 0.3) is 22.6 Å². The second-order valence-corrected chi connectivity index (χ2v) is 10.0. The molecule has 0 unspecified atom stereocenters. The zero-order valence-electron chi connectivity index (χ0n) is 21.1. The van der Waals surface area contributed by atoms with Crippen LogP contribution in [-0.2, 0) is 16.1 Å². The Balaban J connectivity index is 1.42. The third kappa shape index (κ3) is 6.52. The van der Waals surface area contributed by atoms with Crippen LogP contribution in [0, 0.1) is 5.92 Å². The Morgan fingerprint density at radius 2 is 1.86 bits per heavy atom. The van der Waals surface area contributed by atoms with Gasteiger partial charge in [0.25, 0.3) is 0 Å². The maximum absolute atomic E-state index is 12.8. The SMILES string of the molecule is N[C@H]1CCC[C@@H](CC(=O)Nc2cccc(-c3nc(-c4cccc(CO)c4)cc(N4CCOCC4)n3)c2)C1. The largest absolute Gasteiger partial charge is 0.392 e. The molecule has 5 rings (SSSR count). The molecule has 1 amide bonds. The van der Waals surface area contributed by atoms with Crippen LogP contribution >= 0.6 is 0 Å². The average Bonchev–Trinajstić information content (AvgIpc) is 2.93.